The number of halogens is 1. The number of benzene rings is 1. The standard InChI is InChI=1S/C15H22ClNO2/c1-2-15(9-18,10-19)17-12-7-11(8-12)13-5-3-4-6-14(13)16/h3-6,11-12,17-19H,2,7-10H2,1H3. The molecule has 0 amide bonds. The maximum Gasteiger partial charge on any atom is 0.0647 e. The van der Waals surface area contributed by atoms with Crippen LogP contribution < -0.4 is 5.32 Å². The summed E-state index contributed by atoms with van der Waals surface area (Å²) in [6, 6.07) is 8.31. The van der Waals surface area contributed by atoms with Crippen LogP contribution in [0.5, 0.6) is 0 Å². The minimum absolute atomic E-state index is 0.0345. The monoisotopic (exact) mass is 283 g/mol. The van der Waals surface area contributed by atoms with Crippen molar-refractivity contribution < 1.29 is 10.2 Å². The van der Waals surface area contributed by atoms with Gasteiger partial charge in [0.2, 0.25) is 0 Å². The zero-order chi connectivity index (χ0) is 13.9. The van der Waals surface area contributed by atoms with E-state index in [1.807, 2.05) is 25.1 Å². The molecule has 0 radical (unpaired) electrons. The predicted molar refractivity (Wildman–Crippen MR) is 77.5 cm³/mol. The van der Waals surface area contributed by atoms with Gasteiger partial charge in [-0.3, -0.25) is 0 Å². The Bertz CT molecular complexity index is 406. The van der Waals surface area contributed by atoms with Crippen LogP contribution in [0.2, 0.25) is 5.02 Å². The Hall–Kier alpha value is -0.610. The van der Waals surface area contributed by atoms with Gasteiger partial charge in [-0.2, -0.15) is 0 Å². The molecule has 0 spiro atoms. The molecule has 0 atom stereocenters. The molecule has 0 aromatic heterocycles. The molecular weight excluding hydrogens is 262 g/mol. The SMILES string of the molecule is CCC(CO)(CO)NC1CC(c2ccccc2Cl)C1. The molecule has 19 heavy (non-hydrogen) atoms. The molecule has 0 saturated heterocycles. The van der Waals surface area contributed by atoms with Crippen LogP contribution in [0.3, 0.4) is 0 Å². The Labute approximate surface area is 119 Å². The highest BCUT2D eigenvalue weighted by molar-refractivity contribution is 6.31. The van der Waals surface area contributed by atoms with E-state index in [0.29, 0.717) is 18.4 Å². The van der Waals surface area contributed by atoms with E-state index in [1.54, 1.807) is 0 Å². The second-order valence-corrected chi connectivity index (χ2v) is 5.89. The van der Waals surface area contributed by atoms with E-state index >= 15 is 0 Å². The molecule has 3 nitrogen and oxygen atoms in total. The van der Waals surface area contributed by atoms with E-state index in [2.05, 4.69) is 11.4 Å². The zero-order valence-corrected chi connectivity index (χ0v) is 12.0. The Morgan fingerprint density at radius 1 is 1.26 bits per heavy atom. The van der Waals surface area contributed by atoms with Crippen LogP contribution in [-0.2, 0) is 0 Å². The van der Waals surface area contributed by atoms with Crippen molar-refractivity contribution in [3.63, 3.8) is 0 Å². The second kappa shape index (κ2) is 6.23. The molecule has 1 aromatic carbocycles. The molecule has 2 rings (SSSR count). The number of rotatable bonds is 6. The average Bonchev–Trinajstić information content (AvgIpc) is 2.40. The fraction of sp³-hybridized carbons (Fsp3) is 0.600. The number of hydrogen-bond acceptors (Lipinski definition) is 3. The topological polar surface area (TPSA) is 52.5 Å². The number of aliphatic hydroxyl groups is 2. The van der Waals surface area contributed by atoms with Crippen molar-refractivity contribution in [2.24, 2.45) is 0 Å². The zero-order valence-electron chi connectivity index (χ0n) is 11.3. The van der Waals surface area contributed by atoms with E-state index in [4.69, 9.17) is 11.6 Å². The van der Waals surface area contributed by atoms with Crippen LogP contribution in [0, 0.1) is 0 Å². The Balaban J connectivity index is 1.92. The quantitative estimate of drug-likeness (QED) is 0.751. The van der Waals surface area contributed by atoms with Crippen LogP contribution in [0.1, 0.15) is 37.7 Å². The summed E-state index contributed by atoms with van der Waals surface area (Å²) in [5, 5.41) is 23.1. The van der Waals surface area contributed by atoms with Gasteiger partial charge in [0.15, 0.2) is 0 Å². The number of aliphatic hydroxyl groups excluding tert-OH is 2. The maximum absolute atomic E-state index is 9.43. The Kier molecular flexibility index (Phi) is 4.85. The van der Waals surface area contributed by atoms with E-state index in [-0.39, 0.29) is 13.2 Å². The van der Waals surface area contributed by atoms with Gasteiger partial charge in [0.05, 0.1) is 18.8 Å². The highest BCUT2D eigenvalue weighted by atomic mass is 35.5. The molecule has 106 valence electrons. The lowest BCUT2D eigenvalue weighted by atomic mass is 9.74. The van der Waals surface area contributed by atoms with Crippen molar-refractivity contribution >= 4 is 11.6 Å². The minimum atomic E-state index is -0.546. The van der Waals surface area contributed by atoms with E-state index in [1.165, 1.54) is 5.56 Å². The summed E-state index contributed by atoms with van der Waals surface area (Å²) in [6.07, 6.45) is 2.73. The third kappa shape index (κ3) is 3.11. The molecule has 3 N–H and O–H groups in total. The second-order valence-electron chi connectivity index (χ2n) is 5.48. The smallest absolute Gasteiger partial charge is 0.0647 e. The Morgan fingerprint density at radius 3 is 2.42 bits per heavy atom. The average molecular weight is 284 g/mol. The largest absolute Gasteiger partial charge is 0.394 e. The third-order valence-corrected chi connectivity index (χ3v) is 4.62. The molecule has 4 heteroatoms. The fourth-order valence-corrected chi connectivity index (χ4v) is 2.99. The first-order chi connectivity index (χ1) is 9.14. The molecular formula is C15H22ClNO2. The van der Waals surface area contributed by atoms with Crippen molar-refractivity contribution in [1.29, 1.82) is 0 Å². The molecule has 0 heterocycles. The molecule has 1 aromatic rings. The van der Waals surface area contributed by atoms with E-state index < -0.39 is 5.54 Å². The van der Waals surface area contributed by atoms with Crippen molar-refractivity contribution in [3.8, 4) is 0 Å². The molecule has 0 unspecified atom stereocenters. The van der Waals surface area contributed by atoms with Gasteiger partial charge in [-0.25, -0.2) is 0 Å². The number of hydrogen-bond donors (Lipinski definition) is 3. The lowest BCUT2D eigenvalue weighted by Gasteiger charge is -2.43. The summed E-state index contributed by atoms with van der Waals surface area (Å²) in [5.74, 6) is 0.484. The first-order valence-electron chi connectivity index (χ1n) is 6.88. The van der Waals surface area contributed by atoms with E-state index in [9.17, 15) is 10.2 Å². The first-order valence-corrected chi connectivity index (χ1v) is 7.25. The van der Waals surface area contributed by atoms with Crippen LogP contribution in [0.15, 0.2) is 24.3 Å². The van der Waals surface area contributed by atoms with E-state index in [0.717, 1.165) is 17.9 Å². The van der Waals surface area contributed by atoms with Gasteiger partial charge in [0, 0.05) is 11.1 Å². The van der Waals surface area contributed by atoms with Gasteiger partial charge < -0.3 is 15.5 Å². The summed E-state index contributed by atoms with van der Waals surface area (Å²) in [6.45, 7) is 1.91. The van der Waals surface area contributed by atoms with Crippen LogP contribution in [0.4, 0.5) is 0 Å². The van der Waals surface area contributed by atoms with Gasteiger partial charge in [0.25, 0.3) is 0 Å². The van der Waals surface area contributed by atoms with Crippen LogP contribution in [0.25, 0.3) is 0 Å². The predicted octanol–water partition coefficient (Wildman–Crippen LogP) is 2.31. The highest BCUT2D eigenvalue weighted by Crippen LogP contribution is 2.40. The van der Waals surface area contributed by atoms with Crippen LogP contribution >= 0.6 is 11.6 Å². The molecule has 1 fully saturated rings. The normalized spacial score (nSPS) is 23.2. The molecule has 0 bridgehead atoms. The summed E-state index contributed by atoms with van der Waals surface area (Å²) >= 11 is 6.19. The summed E-state index contributed by atoms with van der Waals surface area (Å²) < 4.78 is 0. The third-order valence-electron chi connectivity index (χ3n) is 4.28. The van der Waals surface area contributed by atoms with Gasteiger partial charge >= 0.3 is 0 Å². The maximum atomic E-state index is 9.43. The molecule has 1 aliphatic carbocycles. The molecule has 0 aliphatic heterocycles. The fourth-order valence-electron chi connectivity index (χ4n) is 2.70. The lowest BCUT2D eigenvalue weighted by Crippen LogP contribution is -2.58. The van der Waals surface area contributed by atoms with Crippen molar-refractivity contribution in [3.05, 3.63) is 34.9 Å². The Morgan fingerprint density at radius 2 is 1.89 bits per heavy atom. The summed E-state index contributed by atoms with van der Waals surface area (Å²) in [4.78, 5) is 0. The van der Waals surface area contributed by atoms with Gasteiger partial charge in [-0.05, 0) is 36.8 Å². The van der Waals surface area contributed by atoms with Crippen LogP contribution in [-0.4, -0.2) is 35.0 Å². The van der Waals surface area contributed by atoms with Crippen molar-refractivity contribution in [2.75, 3.05) is 13.2 Å². The highest BCUT2D eigenvalue weighted by Gasteiger charge is 2.37. The summed E-state index contributed by atoms with van der Waals surface area (Å²) in [5.41, 5.74) is 0.660. The molecule has 1 saturated carbocycles. The van der Waals surface area contributed by atoms with Crippen molar-refractivity contribution in [2.45, 2.75) is 43.7 Å². The van der Waals surface area contributed by atoms with Gasteiger partial charge in [0.1, 0.15) is 0 Å². The summed E-state index contributed by atoms with van der Waals surface area (Å²) in [7, 11) is 0. The first kappa shape index (κ1) is 14.8. The minimum Gasteiger partial charge on any atom is -0.394 e. The van der Waals surface area contributed by atoms with Gasteiger partial charge in [-0.1, -0.05) is 36.7 Å². The van der Waals surface area contributed by atoms with Crippen molar-refractivity contribution in [1.82, 2.24) is 5.32 Å². The number of nitrogens with one attached hydrogen (secondary N) is 1. The lowest BCUT2D eigenvalue weighted by molar-refractivity contribution is 0.0627. The van der Waals surface area contributed by atoms with Gasteiger partial charge in [-0.15, -0.1) is 0 Å². The molecule has 1 aliphatic rings.